The molecule has 1 fully saturated rings. The number of carbonyl (C=O) groups is 1. The Morgan fingerprint density at radius 3 is 2.82 bits per heavy atom. The number of hydrogen-bond acceptors (Lipinski definition) is 5. The summed E-state index contributed by atoms with van der Waals surface area (Å²) >= 11 is 1.67. The van der Waals surface area contributed by atoms with Gasteiger partial charge in [-0.15, -0.1) is 0 Å². The third-order valence-corrected chi connectivity index (χ3v) is 3.63. The highest BCUT2D eigenvalue weighted by Gasteiger charge is 2.30. The smallest absolute Gasteiger partial charge is 0.237 e. The van der Waals surface area contributed by atoms with Crippen LogP contribution in [0.3, 0.4) is 0 Å². The molecule has 0 saturated carbocycles. The van der Waals surface area contributed by atoms with Crippen LogP contribution in [-0.2, 0) is 9.53 Å². The second kappa shape index (κ2) is 7.20. The molecule has 4 N–H and O–H groups in total. The van der Waals surface area contributed by atoms with E-state index in [4.69, 9.17) is 10.5 Å². The Hall–Kier alpha value is -0.300. The van der Waals surface area contributed by atoms with E-state index in [1.807, 2.05) is 6.26 Å². The molecule has 0 aliphatic carbocycles. The molecule has 1 saturated heterocycles. The number of hydrogen-bond donors (Lipinski definition) is 3. The minimum Gasteiger partial charge on any atom is -0.388 e. The molecule has 6 heteroatoms. The summed E-state index contributed by atoms with van der Waals surface area (Å²) < 4.78 is 5.17. The number of rotatable bonds is 6. The van der Waals surface area contributed by atoms with E-state index in [0.29, 0.717) is 32.5 Å². The maximum atomic E-state index is 11.6. The highest BCUT2D eigenvalue weighted by atomic mass is 32.2. The fourth-order valence-electron chi connectivity index (χ4n) is 1.69. The molecule has 1 atom stereocenters. The Morgan fingerprint density at radius 1 is 1.59 bits per heavy atom. The zero-order chi connectivity index (χ0) is 12.7. The van der Waals surface area contributed by atoms with Crippen molar-refractivity contribution < 1.29 is 14.6 Å². The van der Waals surface area contributed by atoms with Gasteiger partial charge in [0.2, 0.25) is 5.91 Å². The van der Waals surface area contributed by atoms with Crippen LogP contribution in [0.5, 0.6) is 0 Å². The minimum atomic E-state index is -0.826. The highest BCUT2D eigenvalue weighted by Crippen LogP contribution is 2.19. The van der Waals surface area contributed by atoms with Crippen LogP contribution < -0.4 is 11.1 Å². The summed E-state index contributed by atoms with van der Waals surface area (Å²) in [6.45, 7) is 1.36. The number of ether oxygens (including phenoxy) is 1. The Balaban J connectivity index is 2.26. The molecule has 0 radical (unpaired) electrons. The average Bonchev–Trinajstić information content (AvgIpc) is 2.34. The van der Waals surface area contributed by atoms with E-state index in [2.05, 4.69) is 5.32 Å². The number of nitrogens with one attached hydrogen (secondary N) is 1. The Kier molecular flexibility index (Phi) is 6.26. The number of carbonyl (C=O) groups excluding carboxylic acids is 1. The van der Waals surface area contributed by atoms with Crippen molar-refractivity contribution in [2.24, 2.45) is 5.73 Å². The highest BCUT2D eigenvalue weighted by molar-refractivity contribution is 7.98. The van der Waals surface area contributed by atoms with Crippen molar-refractivity contribution in [1.29, 1.82) is 0 Å². The Labute approximate surface area is 106 Å². The molecule has 100 valence electrons. The Morgan fingerprint density at radius 2 is 2.24 bits per heavy atom. The van der Waals surface area contributed by atoms with E-state index in [9.17, 15) is 9.90 Å². The van der Waals surface area contributed by atoms with Gasteiger partial charge < -0.3 is 20.9 Å². The van der Waals surface area contributed by atoms with Gasteiger partial charge in [-0.2, -0.15) is 11.8 Å². The lowest BCUT2D eigenvalue weighted by Gasteiger charge is -2.32. The first-order chi connectivity index (χ1) is 8.07. The van der Waals surface area contributed by atoms with E-state index in [0.717, 1.165) is 5.75 Å². The van der Waals surface area contributed by atoms with Gasteiger partial charge in [0.1, 0.15) is 0 Å². The molecular formula is C11H22N2O3S. The summed E-state index contributed by atoms with van der Waals surface area (Å²) in [7, 11) is 0. The van der Waals surface area contributed by atoms with Gasteiger partial charge in [-0.05, 0) is 18.4 Å². The fourth-order valence-corrected chi connectivity index (χ4v) is 2.18. The van der Waals surface area contributed by atoms with Gasteiger partial charge in [0, 0.05) is 32.6 Å². The van der Waals surface area contributed by atoms with E-state index in [1.54, 1.807) is 11.8 Å². The standard InChI is InChI=1S/C11H22N2O3S/c1-17-7-2-9(12)10(14)13-8-11(15)3-5-16-6-4-11/h9,15H,2-8,12H2,1H3,(H,13,14)/t9-/m1/s1. The second-order valence-corrected chi connectivity index (χ2v) is 5.43. The number of nitrogens with two attached hydrogens (primary N) is 1. The lowest BCUT2D eigenvalue weighted by atomic mass is 9.94. The minimum absolute atomic E-state index is 0.182. The molecule has 0 aromatic heterocycles. The number of aliphatic hydroxyl groups is 1. The summed E-state index contributed by atoms with van der Waals surface area (Å²) in [6.07, 6.45) is 3.77. The summed E-state index contributed by atoms with van der Waals surface area (Å²) in [5, 5.41) is 12.9. The SMILES string of the molecule is CSCC[C@@H](N)C(=O)NCC1(O)CCOCC1. The van der Waals surface area contributed by atoms with E-state index in [1.165, 1.54) is 0 Å². The van der Waals surface area contributed by atoms with E-state index < -0.39 is 11.6 Å². The molecule has 0 spiro atoms. The lowest BCUT2D eigenvalue weighted by molar-refractivity contribution is -0.125. The van der Waals surface area contributed by atoms with Crippen molar-refractivity contribution >= 4 is 17.7 Å². The van der Waals surface area contributed by atoms with Crippen molar-refractivity contribution in [3.8, 4) is 0 Å². The van der Waals surface area contributed by atoms with Gasteiger partial charge in [-0.3, -0.25) is 4.79 Å². The molecule has 0 unspecified atom stereocenters. The molecular weight excluding hydrogens is 240 g/mol. The van der Waals surface area contributed by atoms with Gasteiger partial charge in [0.05, 0.1) is 11.6 Å². The zero-order valence-electron chi connectivity index (χ0n) is 10.3. The topological polar surface area (TPSA) is 84.6 Å². The molecule has 1 amide bonds. The predicted octanol–water partition coefficient (Wildman–Crippen LogP) is -0.275. The number of amides is 1. The molecule has 5 nitrogen and oxygen atoms in total. The van der Waals surface area contributed by atoms with Crippen molar-refractivity contribution in [2.45, 2.75) is 30.9 Å². The molecule has 1 aliphatic heterocycles. The van der Waals surface area contributed by atoms with Crippen LogP contribution in [-0.4, -0.2) is 54.4 Å². The van der Waals surface area contributed by atoms with Crippen LogP contribution in [0.2, 0.25) is 0 Å². The van der Waals surface area contributed by atoms with Crippen LogP contribution in [0.15, 0.2) is 0 Å². The quantitative estimate of drug-likeness (QED) is 0.613. The van der Waals surface area contributed by atoms with Gasteiger partial charge >= 0.3 is 0 Å². The third kappa shape index (κ3) is 5.25. The third-order valence-electron chi connectivity index (χ3n) is 2.98. The summed E-state index contributed by atoms with van der Waals surface area (Å²) in [5.74, 6) is 0.686. The van der Waals surface area contributed by atoms with Crippen LogP contribution in [0.4, 0.5) is 0 Å². The molecule has 1 aliphatic rings. The summed E-state index contributed by atoms with van der Waals surface area (Å²) in [4.78, 5) is 11.6. The fraction of sp³-hybridized carbons (Fsp3) is 0.909. The molecule has 0 aromatic rings. The van der Waals surface area contributed by atoms with Gasteiger partial charge in [0.15, 0.2) is 0 Å². The predicted molar refractivity (Wildman–Crippen MR) is 69.0 cm³/mol. The van der Waals surface area contributed by atoms with Crippen molar-refractivity contribution in [3.63, 3.8) is 0 Å². The van der Waals surface area contributed by atoms with Gasteiger partial charge in [-0.1, -0.05) is 0 Å². The molecule has 0 bridgehead atoms. The lowest BCUT2D eigenvalue weighted by Crippen LogP contribution is -2.50. The van der Waals surface area contributed by atoms with E-state index in [-0.39, 0.29) is 12.5 Å². The van der Waals surface area contributed by atoms with Crippen LogP contribution >= 0.6 is 11.8 Å². The molecule has 1 rings (SSSR count). The van der Waals surface area contributed by atoms with Crippen LogP contribution in [0.1, 0.15) is 19.3 Å². The monoisotopic (exact) mass is 262 g/mol. The van der Waals surface area contributed by atoms with Crippen molar-refractivity contribution in [2.75, 3.05) is 31.8 Å². The summed E-state index contributed by atoms with van der Waals surface area (Å²) in [6, 6.07) is -0.481. The molecule has 17 heavy (non-hydrogen) atoms. The first-order valence-electron chi connectivity index (χ1n) is 5.90. The second-order valence-electron chi connectivity index (χ2n) is 4.44. The van der Waals surface area contributed by atoms with Crippen molar-refractivity contribution in [1.82, 2.24) is 5.32 Å². The maximum absolute atomic E-state index is 11.6. The maximum Gasteiger partial charge on any atom is 0.237 e. The molecule has 1 heterocycles. The first-order valence-corrected chi connectivity index (χ1v) is 7.29. The molecule has 0 aromatic carbocycles. The summed E-state index contributed by atoms with van der Waals surface area (Å²) in [5.41, 5.74) is 4.90. The number of thioether (sulfide) groups is 1. The van der Waals surface area contributed by atoms with E-state index >= 15 is 0 Å². The van der Waals surface area contributed by atoms with Gasteiger partial charge in [-0.25, -0.2) is 0 Å². The zero-order valence-corrected chi connectivity index (χ0v) is 11.1. The normalized spacial score (nSPS) is 20.9. The van der Waals surface area contributed by atoms with Gasteiger partial charge in [0.25, 0.3) is 0 Å². The largest absolute Gasteiger partial charge is 0.388 e. The first kappa shape index (κ1) is 14.8. The average molecular weight is 262 g/mol. The van der Waals surface area contributed by atoms with Crippen LogP contribution in [0, 0.1) is 0 Å². The van der Waals surface area contributed by atoms with Crippen LogP contribution in [0.25, 0.3) is 0 Å². The van der Waals surface area contributed by atoms with Crippen molar-refractivity contribution in [3.05, 3.63) is 0 Å². The Bertz CT molecular complexity index is 245.